The fourth-order valence-electron chi connectivity index (χ4n) is 2.07. The lowest BCUT2D eigenvalue weighted by atomic mass is 10.3. The van der Waals surface area contributed by atoms with E-state index in [1.54, 1.807) is 6.20 Å². The van der Waals surface area contributed by atoms with E-state index >= 15 is 0 Å². The average molecular weight is 238 g/mol. The van der Waals surface area contributed by atoms with Crippen LogP contribution in [0.25, 0.3) is 16.9 Å². The van der Waals surface area contributed by atoms with Gasteiger partial charge in [0.1, 0.15) is 5.82 Å². The lowest BCUT2D eigenvalue weighted by molar-refractivity contribution is 0.912. The van der Waals surface area contributed by atoms with Crippen LogP contribution in [0.3, 0.4) is 0 Å². The third-order valence-corrected chi connectivity index (χ3v) is 3.14. The molecule has 0 N–H and O–H groups in total. The predicted molar refractivity (Wildman–Crippen MR) is 70.9 cm³/mol. The van der Waals surface area contributed by atoms with Crippen LogP contribution < -0.4 is 0 Å². The quantitative estimate of drug-likeness (QED) is 0.654. The number of fused-ring (bicyclic) bond motifs is 1. The van der Waals surface area contributed by atoms with Gasteiger partial charge in [-0.05, 0) is 32.9 Å². The minimum atomic E-state index is 0.823. The molecular weight excluding hydrogens is 224 g/mol. The van der Waals surface area contributed by atoms with E-state index in [9.17, 15) is 0 Å². The van der Waals surface area contributed by atoms with E-state index in [-0.39, 0.29) is 0 Å². The first-order chi connectivity index (χ1) is 8.66. The first-order valence-corrected chi connectivity index (χ1v) is 5.91. The van der Waals surface area contributed by atoms with Crippen LogP contribution in [0, 0.1) is 20.8 Å². The molecule has 4 nitrogen and oxygen atoms in total. The summed E-state index contributed by atoms with van der Waals surface area (Å²) >= 11 is 0. The Bertz CT molecular complexity index is 728. The van der Waals surface area contributed by atoms with Gasteiger partial charge in [-0.25, -0.2) is 9.97 Å². The van der Waals surface area contributed by atoms with Crippen LogP contribution in [0.4, 0.5) is 0 Å². The number of hydrogen-bond donors (Lipinski definition) is 0. The van der Waals surface area contributed by atoms with Crippen LogP contribution in [0.1, 0.15) is 17.2 Å². The molecule has 4 heteroatoms. The Morgan fingerprint density at radius 3 is 2.50 bits per heavy atom. The summed E-state index contributed by atoms with van der Waals surface area (Å²) in [5, 5.41) is 0. The zero-order valence-electron chi connectivity index (χ0n) is 10.7. The number of imidazole rings is 1. The molecule has 0 atom stereocenters. The topological polar surface area (TPSA) is 43.6 Å². The maximum Gasteiger partial charge on any atom is 0.157 e. The molecule has 0 amide bonds. The molecule has 0 saturated heterocycles. The van der Waals surface area contributed by atoms with Crippen LogP contribution in [-0.2, 0) is 0 Å². The molecule has 90 valence electrons. The van der Waals surface area contributed by atoms with Gasteiger partial charge in [0.15, 0.2) is 5.82 Å². The Kier molecular flexibility index (Phi) is 2.37. The Labute approximate surface area is 105 Å². The smallest absolute Gasteiger partial charge is 0.157 e. The second-order valence-electron chi connectivity index (χ2n) is 4.38. The highest BCUT2D eigenvalue weighted by Gasteiger charge is 2.10. The standard InChI is InChI=1S/C14H14N4/c1-9-10(2)16-14(8-15-9)18-11(3)17-12-6-4-5-7-13(12)18/h4-8H,1-3H3. The van der Waals surface area contributed by atoms with E-state index in [1.807, 2.05) is 49.6 Å². The zero-order chi connectivity index (χ0) is 12.7. The van der Waals surface area contributed by atoms with E-state index in [0.717, 1.165) is 34.1 Å². The molecule has 2 aromatic heterocycles. The van der Waals surface area contributed by atoms with Gasteiger partial charge in [0.2, 0.25) is 0 Å². The van der Waals surface area contributed by atoms with Crippen molar-refractivity contribution in [2.75, 3.05) is 0 Å². The van der Waals surface area contributed by atoms with Gasteiger partial charge in [-0.15, -0.1) is 0 Å². The molecular formula is C14H14N4. The number of aromatic nitrogens is 4. The Balaban J connectivity index is 2.30. The number of para-hydroxylation sites is 2. The molecule has 0 unspecified atom stereocenters. The highest BCUT2D eigenvalue weighted by Crippen LogP contribution is 2.19. The Morgan fingerprint density at radius 1 is 0.944 bits per heavy atom. The SMILES string of the molecule is Cc1ncc(-n2c(C)nc3ccccc32)nc1C. The second-order valence-corrected chi connectivity index (χ2v) is 4.38. The van der Waals surface area contributed by atoms with Gasteiger partial charge in [-0.3, -0.25) is 9.55 Å². The Morgan fingerprint density at radius 2 is 1.72 bits per heavy atom. The normalized spacial score (nSPS) is 11.1. The van der Waals surface area contributed by atoms with Gasteiger partial charge < -0.3 is 0 Å². The molecule has 0 aliphatic heterocycles. The third-order valence-electron chi connectivity index (χ3n) is 3.14. The molecule has 0 saturated carbocycles. The predicted octanol–water partition coefficient (Wildman–Crippen LogP) is 2.74. The van der Waals surface area contributed by atoms with Gasteiger partial charge in [0, 0.05) is 0 Å². The van der Waals surface area contributed by atoms with E-state index in [2.05, 4.69) is 15.0 Å². The van der Waals surface area contributed by atoms with E-state index in [0.29, 0.717) is 0 Å². The molecule has 0 bridgehead atoms. The number of rotatable bonds is 1. The van der Waals surface area contributed by atoms with Crippen molar-refractivity contribution in [3.05, 3.63) is 47.7 Å². The fraction of sp³-hybridized carbons (Fsp3) is 0.214. The van der Waals surface area contributed by atoms with Gasteiger partial charge >= 0.3 is 0 Å². The maximum absolute atomic E-state index is 4.59. The van der Waals surface area contributed by atoms with E-state index in [4.69, 9.17) is 0 Å². The van der Waals surface area contributed by atoms with Crippen molar-refractivity contribution >= 4 is 11.0 Å². The van der Waals surface area contributed by atoms with Crippen LogP contribution in [0.2, 0.25) is 0 Å². The lowest BCUT2D eigenvalue weighted by Crippen LogP contribution is -2.03. The molecule has 0 spiro atoms. The molecule has 2 heterocycles. The molecule has 0 aliphatic carbocycles. The van der Waals surface area contributed by atoms with Crippen molar-refractivity contribution in [2.24, 2.45) is 0 Å². The highest BCUT2D eigenvalue weighted by atomic mass is 15.1. The summed E-state index contributed by atoms with van der Waals surface area (Å²) < 4.78 is 2.04. The lowest BCUT2D eigenvalue weighted by Gasteiger charge is -2.07. The minimum absolute atomic E-state index is 0.823. The van der Waals surface area contributed by atoms with Crippen molar-refractivity contribution in [3.63, 3.8) is 0 Å². The minimum Gasteiger partial charge on any atom is -0.279 e. The van der Waals surface area contributed by atoms with Crippen molar-refractivity contribution in [3.8, 4) is 5.82 Å². The second kappa shape index (κ2) is 3.91. The number of nitrogens with zero attached hydrogens (tertiary/aromatic N) is 4. The maximum atomic E-state index is 4.59. The van der Waals surface area contributed by atoms with Crippen LogP contribution >= 0.6 is 0 Å². The van der Waals surface area contributed by atoms with Gasteiger partial charge in [-0.1, -0.05) is 12.1 Å². The molecule has 3 rings (SSSR count). The zero-order valence-corrected chi connectivity index (χ0v) is 10.7. The highest BCUT2D eigenvalue weighted by molar-refractivity contribution is 5.77. The fourth-order valence-corrected chi connectivity index (χ4v) is 2.07. The molecule has 1 aromatic carbocycles. The van der Waals surface area contributed by atoms with E-state index in [1.165, 1.54) is 0 Å². The van der Waals surface area contributed by atoms with Crippen LogP contribution in [0.15, 0.2) is 30.5 Å². The largest absolute Gasteiger partial charge is 0.279 e. The summed E-state index contributed by atoms with van der Waals surface area (Å²) in [6.07, 6.45) is 1.80. The summed E-state index contributed by atoms with van der Waals surface area (Å²) in [6.45, 7) is 5.92. The number of hydrogen-bond acceptors (Lipinski definition) is 3. The summed E-state index contributed by atoms with van der Waals surface area (Å²) in [4.78, 5) is 13.5. The molecule has 18 heavy (non-hydrogen) atoms. The van der Waals surface area contributed by atoms with Gasteiger partial charge in [-0.2, -0.15) is 0 Å². The third kappa shape index (κ3) is 1.57. The summed E-state index contributed by atoms with van der Waals surface area (Å²) in [5.41, 5.74) is 3.95. The van der Waals surface area contributed by atoms with Gasteiger partial charge in [0.05, 0.1) is 28.6 Å². The first-order valence-electron chi connectivity index (χ1n) is 5.91. The molecule has 3 aromatic rings. The molecule has 0 aliphatic rings. The van der Waals surface area contributed by atoms with Crippen molar-refractivity contribution in [2.45, 2.75) is 20.8 Å². The van der Waals surface area contributed by atoms with Crippen LogP contribution in [0.5, 0.6) is 0 Å². The summed E-state index contributed by atoms with van der Waals surface area (Å²) in [6, 6.07) is 8.05. The molecule has 0 fully saturated rings. The van der Waals surface area contributed by atoms with Gasteiger partial charge in [0.25, 0.3) is 0 Å². The Hall–Kier alpha value is -2.23. The van der Waals surface area contributed by atoms with Crippen LogP contribution in [-0.4, -0.2) is 19.5 Å². The number of aryl methyl sites for hydroxylation is 3. The van der Waals surface area contributed by atoms with Crippen molar-refractivity contribution < 1.29 is 0 Å². The van der Waals surface area contributed by atoms with Crippen molar-refractivity contribution in [1.82, 2.24) is 19.5 Å². The summed E-state index contributed by atoms with van der Waals surface area (Å²) in [7, 11) is 0. The first kappa shape index (κ1) is 10.9. The molecule has 0 radical (unpaired) electrons. The monoisotopic (exact) mass is 238 g/mol. The summed E-state index contributed by atoms with van der Waals surface area (Å²) in [5.74, 6) is 1.75. The van der Waals surface area contributed by atoms with Crippen molar-refractivity contribution in [1.29, 1.82) is 0 Å². The average Bonchev–Trinajstić information content (AvgIpc) is 2.69. The van der Waals surface area contributed by atoms with E-state index < -0.39 is 0 Å². The number of benzene rings is 1.